The van der Waals surface area contributed by atoms with Crippen LogP contribution in [0.25, 0.3) is 11.1 Å². The van der Waals surface area contributed by atoms with Crippen LogP contribution in [0.1, 0.15) is 30.4 Å². The van der Waals surface area contributed by atoms with E-state index in [0.717, 1.165) is 24.0 Å². The summed E-state index contributed by atoms with van der Waals surface area (Å²) in [5.41, 5.74) is 2.65. The molecule has 0 radical (unpaired) electrons. The quantitative estimate of drug-likeness (QED) is 0.758. The Hall–Kier alpha value is -2.44. The monoisotopic (exact) mass is 384 g/mol. The number of ether oxygens (including phenoxy) is 2. The highest BCUT2D eigenvalue weighted by Gasteiger charge is 2.50. The van der Waals surface area contributed by atoms with Gasteiger partial charge in [-0.15, -0.1) is 0 Å². The third kappa shape index (κ3) is 3.19. The number of hydrogen-bond acceptors (Lipinski definition) is 5. The highest BCUT2D eigenvalue weighted by molar-refractivity contribution is 7.90. The van der Waals surface area contributed by atoms with Crippen LogP contribution in [0.3, 0.4) is 0 Å². The molecule has 1 fully saturated rings. The highest BCUT2D eigenvalue weighted by Crippen LogP contribution is 2.48. The summed E-state index contributed by atoms with van der Waals surface area (Å²) in [4.78, 5) is 13.0. The van der Waals surface area contributed by atoms with Crippen LogP contribution >= 0.6 is 0 Å². The Bertz CT molecular complexity index is 998. The van der Waals surface area contributed by atoms with Gasteiger partial charge in [0.15, 0.2) is 9.84 Å². The van der Waals surface area contributed by atoms with Gasteiger partial charge < -0.3 is 9.47 Å². The van der Waals surface area contributed by atoms with Crippen molar-refractivity contribution in [2.45, 2.75) is 29.9 Å². The molecular formula is C21H20O5S. The van der Waals surface area contributed by atoms with Gasteiger partial charge in [-0.2, -0.15) is 0 Å². The molecule has 1 spiro atoms. The van der Waals surface area contributed by atoms with Crippen molar-refractivity contribution < 1.29 is 22.7 Å². The number of hydrogen-bond donors (Lipinski definition) is 0. The number of carbonyl (C=O) groups is 1. The van der Waals surface area contributed by atoms with Crippen LogP contribution < -0.4 is 0 Å². The van der Waals surface area contributed by atoms with Crippen molar-refractivity contribution >= 4 is 27.0 Å². The van der Waals surface area contributed by atoms with Gasteiger partial charge in [-0.3, -0.25) is 0 Å². The number of rotatable bonds is 3. The molecule has 1 saturated heterocycles. The largest absolute Gasteiger partial charge is 0.425 e. The number of benzene rings is 2. The van der Waals surface area contributed by atoms with Crippen LogP contribution in [0.15, 0.2) is 59.5 Å². The number of carbonyl (C=O) groups excluding carboxylic acids is 1. The molecule has 2 aromatic carbocycles. The lowest BCUT2D eigenvalue weighted by atomic mass is 9.87. The number of sulfone groups is 1. The Morgan fingerprint density at radius 1 is 0.926 bits per heavy atom. The second kappa shape index (κ2) is 6.62. The lowest BCUT2D eigenvalue weighted by Gasteiger charge is -2.34. The molecule has 1 unspecified atom stereocenters. The molecule has 0 N–H and O–H groups in total. The van der Waals surface area contributed by atoms with Gasteiger partial charge in [0.25, 0.3) is 0 Å². The molecule has 0 bridgehead atoms. The molecule has 2 aliphatic rings. The van der Waals surface area contributed by atoms with Gasteiger partial charge in [-0.05, 0) is 36.1 Å². The summed E-state index contributed by atoms with van der Waals surface area (Å²) in [5, 5.41) is 0. The Morgan fingerprint density at radius 2 is 1.63 bits per heavy atom. The second-order valence-electron chi connectivity index (χ2n) is 6.86. The van der Waals surface area contributed by atoms with E-state index in [2.05, 4.69) is 0 Å². The molecule has 4 rings (SSSR count). The minimum atomic E-state index is -3.30. The average Bonchev–Trinajstić information content (AvgIpc) is 2.93. The molecule has 0 saturated carbocycles. The zero-order valence-electron chi connectivity index (χ0n) is 15.0. The first-order valence-electron chi connectivity index (χ1n) is 8.89. The van der Waals surface area contributed by atoms with E-state index in [1.54, 1.807) is 24.3 Å². The van der Waals surface area contributed by atoms with Gasteiger partial charge >= 0.3 is 5.97 Å². The Balaban J connectivity index is 1.92. The second-order valence-corrected chi connectivity index (χ2v) is 8.88. The molecule has 2 aromatic rings. The third-order valence-corrected chi connectivity index (χ3v) is 6.09. The first-order chi connectivity index (χ1) is 12.9. The zero-order valence-corrected chi connectivity index (χ0v) is 15.8. The summed E-state index contributed by atoms with van der Waals surface area (Å²) in [7, 11) is -3.30. The Kier molecular flexibility index (Phi) is 4.40. The summed E-state index contributed by atoms with van der Waals surface area (Å²) in [6, 6.07) is 15.9. The van der Waals surface area contributed by atoms with Crippen molar-refractivity contribution in [1.82, 2.24) is 0 Å². The van der Waals surface area contributed by atoms with Gasteiger partial charge in [0.05, 0.1) is 17.1 Å². The van der Waals surface area contributed by atoms with E-state index in [0.29, 0.717) is 24.2 Å². The van der Waals surface area contributed by atoms with Crippen molar-refractivity contribution in [3.8, 4) is 0 Å². The summed E-state index contributed by atoms with van der Waals surface area (Å²) < 4.78 is 35.3. The van der Waals surface area contributed by atoms with E-state index in [1.165, 1.54) is 6.26 Å². The van der Waals surface area contributed by atoms with E-state index < -0.39 is 21.6 Å². The number of esters is 1. The van der Waals surface area contributed by atoms with Gasteiger partial charge in [-0.25, -0.2) is 13.2 Å². The maximum atomic E-state index is 12.8. The lowest BCUT2D eigenvalue weighted by Crippen LogP contribution is -2.38. The lowest BCUT2D eigenvalue weighted by molar-refractivity contribution is -0.206. The summed E-state index contributed by atoms with van der Waals surface area (Å²) in [6.07, 6.45) is 3.56. The molecule has 0 amide bonds. The van der Waals surface area contributed by atoms with Crippen molar-refractivity contribution in [3.05, 3.63) is 65.7 Å². The van der Waals surface area contributed by atoms with Crippen LogP contribution in [0.2, 0.25) is 0 Å². The van der Waals surface area contributed by atoms with E-state index in [-0.39, 0.29) is 4.90 Å². The first-order valence-corrected chi connectivity index (χ1v) is 10.8. The third-order valence-electron chi connectivity index (χ3n) is 4.96. The normalized spacial score (nSPS) is 22.9. The molecule has 0 aromatic heterocycles. The first kappa shape index (κ1) is 17.9. The van der Waals surface area contributed by atoms with Crippen molar-refractivity contribution in [3.63, 3.8) is 0 Å². The van der Waals surface area contributed by atoms with E-state index in [1.807, 2.05) is 30.3 Å². The topological polar surface area (TPSA) is 69.7 Å². The van der Waals surface area contributed by atoms with E-state index in [9.17, 15) is 13.2 Å². The minimum Gasteiger partial charge on any atom is -0.425 e. The summed E-state index contributed by atoms with van der Waals surface area (Å²) in [5.74, 6) is -1.52. The van der Waals surface area contributed by atoms with Gasteiger partial charge in [0.2, 0.25) is 5.79 Å². The Labute approximate surface area is 158 Å². The fourth-order valence-electron chi connectivity index (χ4n) is 3.69. The predicted octanol–water partition coefficient (Wildman–Crippen LogP) is 3.45. The molecule has 6 heteroatoms. The molecule has 2 heterocycles. The molecule has 0 aliphatic carbocycles. The van der Waals surface area contributed by atoms with Gasteiger partial charge in [0, 0.05) is 18.2 Å². The van der Waals surface area contributed by atoms with Crippen LogP contribution in [0.4, 0.5) is 0 Å². The van der Waals surface area contributed by atoms with Crippen LogP contribution in [0, 0.1) is 0 Å². The maximum Gasteiger partial charge on any atom is 0.342 e. The molecule has 2 aliphatic heterocycles. The predicted molar refractivity (Wildman–Crippen MR) is 101 cm³/mol. The summed E-state index contributed by atoms with van der Waals surface area (Å²) in [6.45, 7) is 0.514. The molecule has 5 nitrogen and oxygen atoms in total. The average molecular weight is 384 g/mol. The van der Waals surface area contributed by atoms with E-state index >= 15 is 0 Å². The van der Waals surface area contributed by atoms with Gasteiger partial charge in [-0.1, -0.05) is 42.5 Å². The molecular weight excluding hydrogens is 364 g/mol. The SMILES string of the molecule is CS(=O)(=O)c1ccc(C2=C(c3ccccc3)C(=O)OC23CCCCO3)cc1. The molecule has 27 heavy (non-hydrogen) atoms. The van der Waals surface area contributed by atoms with Crippen molar-refractivity contribution in [2.24, 2.45) is 0 Å². The van der Waals surface area contributed by atoms with Crippen LogP contribution in [0.5, 0.6) is 0 Å². The van der Waals surface area contributed by atoms with Gasteiger partial charge in [0.1, 0.15) is 0 Å². The Morgan fingerprint density at radius 3 is 2.22 bits per heavy atom. The minimum absolute atomic E-state index is 0.233. The van der Waals surface area contributed by atoms with Crippen molar-refractivity contribution in [1.29, 1.82) is 0 Å². The fraction of sp³-hybridized carbons (Fsp3) is 0.286. The smallest absolute Gasteiger partial charge is 0.342 e. The van der Waals surface area contributed by atoms with Crippen molar-refractivity contribution in [2.75, 3.05) is 12.9 Å². The highest BCUT2D eigenvalue weighted by atomic mass is 32.2. The molecule has 1 atom stereocenters. The summed E-state index contributed by atoms with van der Waals surface area (Å²) >= 11 is 0. The van der Waals surface area contributed by atoms with Crippen LogP contribution in [-0.2, 0) is 24.1 Å². The maximum absolute atomic E-state index is 12.8. The van der Waals surface area contributed by atoms with E-state index in [4.69, 9.17) is 9.47 Å². The van der Waals surface area contributed by atoms with Crippen LogP contribution in [-0.4, -0.2) is 33.0 Å². The zero-order chi connectivity index (χ0) is 19.1. The fourth-order valence-corrected chi connectivity index (χ4v) is 4.32. The standard InChI is InChI=1S/C21H20O5S/c1-27(23,24)17-11-9-16(10-12-17)19-18(15-7-3-2-4-8-15)20(22)26-21(19)13-5-6-14-25-21/h2-4,7-12H,5-6,13-14H2,1H3. The molecule has 140 valence electrons.